The summed E-state index contributed by atoms with van der Waals surface area (Å²) < 4.78 is 0. The van der Waals surface area contributed by atoms with Gasteiger partial charge in [0.2, 0.25) is 0 Å². The van der Waals surface area contributed by atoms with E-state index in [9.17, 15) is 9.59 Å². The Labute approximate surface area is 117 Å². The Balaban J connectivity index is 1.79. The number of rotatable bonds is 3. The van der Waals surface area contributed by atoms with Crippen molar-refractivity contribution < 1.29 is 14.7 Å². The van der Waals surface area contributed by atoms with Gasteiger partial charge in [-0.05, 0) is 24.0 Å². The Hall–Kier alpha value is -2.04. The molecule has 2 N–H and O–H groups in total. The number of carbonyl (C=O) groups excluding carboxylic acids is 1. The predicted octanol–water partition coefficient (Wildman–Crippen LogP) is 2.18. The topological polar surface area (TPSA) is 69.6 Å². The van der Waals surface area contributed by atoms with Crippen molar-refractivity contribution in [2.24, 2.45) is 5.92 Å². The van der Waals surface area contributed by atoms with E-state index in [4.69, 9.17) is 5.11 Å². The molecule has 1 aliphatic carbocycles. The molecule has 0 radical (unpaired) electrons. The highest BCUT2D eigenvalue weighted by atomic mass is 16.4. The summed E-state index contributed by atoms with van der Waals surface area (Å²) in [5.41, 5.74) is 1.79. The van der Waals surface area contributed by atoms with E-state index in [1.165, 1.54) is 0 Å². The van der Waals surface area contributed by atoms with Crippen LogP contribution >= 0.6 is 0 Å². The number of hydrogen-bond acceptors (Lipinski definition) is 2. The average molecular weight is 274 g/mol. The molecular formula is C15H18N2O3. The van der Waals surface area contributed by atoms with Crippen molar-refractivity contribution in [3.8, 4) is 0 Å². The lowest BCUT2D eigenvalue weighted by molar-refractivity contribution is -0.137. The summed E-state index contributed by atoms with van der Waals surface area (Å²) in [6.45, 7) is 2.55. The van der Waals surface area contributed by atoms with Crippen LogP contribution in [0.4, 0.5) is 10.5 Å². The standard InChI is InChI=1S/C15H18N2O3/c1-9-6-12(9)16-15(20)17-8-10(7-14(18)19)11-4-2-3-5-13(11)17/h2-5,9-10,12H,6-8H2,1H3,(H,16,20)(H,18,19). The number of para-hydroxylation sites is 1. The molecule has 0 bridgehead atoms. The molecule has 2 amide bonds. The van der Waals surface area contributed by atoms with Gasteiger partial charge in [0.25, 0.3) is 0 Å². The van der Waals surface area contributed by atoms with Crippen LogP contribution in [0.1, 0.15) is 31.2 Å². The van der Waals surface area contributed by atoms with Crippen LogP contribution in [0.3, 0.4) is 0 Å². The van der Waals surface area contributed by atoms with E-state index < -0.39 is 5.97 Å². The summed E-state index contributed by atoms with van der Waals surface area (Å²) >= 11 is 0. The molecule has 5 nitrogen and oxygen atoms in total. The lowest BCUT2D eigenvalue weighted by atomic mass is 9.98. The van der Waals surface area contributed by atoms with Gasteiger partial charge in [-0.2, -0.15) is 0 Å². The lowest BCUT2D eigenvalue weighted by Crippen LogP contribution is -2.41. The van der Waals surface area contributed by atoms with Crippen LogP contribution in [0.2, 0.25) is 0 Å². The second-order valence-electron chi connectivity index (χ2n) is 5.73. The minimum atomic E-state index is -0.831. The maximum absolute atomic E-state index is 12.3. The van der Waals surface area contributed by atoms with Crippen molar-refractivity contribution in [1.82, 2.24) is 5.32 Å². The van der Waals surface area contributed by atoms with Crippen molar-refractivity contribution in [2.75, 3.05) is 11.4 Å². The molecule has 2 aliphatic rings. The number of carboxylic acids is 1. The molecule has 1 aromatic carbocycles. The van der Waals surface area contributed by atoms with E-state index >= 15 is 0 Å². The van der Waals surface area contributed by atoms with E-state index in [-0.39, 0.29) is 24.4 Å². The number of fused-ring (bicyclic) bond motifs is 1. The monoisotopic (exact) mass is 274 g/mol. The molecule has 1 fully saturated rings. The third kappa shape index (κ3) is 2.35. The highest BCUT2D eigenvalue weighted by Crippen LogP contribution is 2.38. The summed E-state index contributed by atoms with van der Waals surface area (Å²) in [4.78, 5) is 24.9. The molecule has 0 saturated heterocycles. The Morgan fingerprint density at radius 2 is 2.10 bits per heavy atom. The molecule has 5 heteroatoms. The summed E-state index contributed by atoms with van der Waals surface area (Å²) in [6, 6.07) is 7.72. The molecule has 0 aromatic heterocycles. The maximum atomic E-state index is 12.3. The normalized spacial score (nSPS) is 27.1. The van der Waals surface area contributed by atoms with Crippen molar-refractivity contribution >= 4 is 17.7 Å². The molecule has 1 aliphatic heterocycles. The van der Waals surface area contributed by atoms with Crippen LogP contribution in [-0.4, -0.2) is 29.7 Å². The minimum Gasteiger partial charge on any atom is -0.481 e. The number of amides is 2. The highest BCUT2D eigenvalue weighted by molar-refractivity contribution is 5.95. The van der Waals surface area contributed by atoms with Crippen LogP contribution in [0.25, 0.3) is 0 Å². The van der Waals surface area contributed by atoms with Gasteiger partial charge in [-0.3, -0.25) is 9.69 Å². The number of nitrogens with zero attached hydrogens (tertiary/aromatic N) is 1. The van der Waals surface area contributed by atoms with Gasteiger partial charge in [-0.25, -0.2) is 4.79 Å². The zero-order valence-electron chi connectivity index (χ0n) is 11.4. The highest BCUT2D eigenvalue weighted by Gasteiger charge is 2.38. The second kappa shape index (κ2) is 4.81. The maximum Gasteiger partial charge on any atom is 0.322 e. The number of nitrogens with one attached hydrogen (secondary N) is 1. The summed E-state index contributed by atoms with van der Waals surface area (Å²) in [6.07, 6.45) is 1.08. The molecule has 1 aromatic rings. The fraction of sp³-hybridized carbons (Fsp3) is 0.467. The Bertz CT molecular complexity index is 558. The number of anilines is 1. The van der Waals surface area contributed by atoms with Crippen LogP contribution in [0.5, 0.6) is 0 Å². The van der Waals surface area contributed by atoms with E-state index in [0.717, 1.165) is 17.7 Å². The number of carboxylic acid groups (broad SMARTS) is 1. The van der Waals surface area contributed by atoms with E-state index in [2.05, 4.69) is 12.2 Å². The molecule has 1 heterocycles. The Morgan fingerprint density at radius 1 is 1.40 bits per heavy atom. The van der Waals surface area contributed by atoms with Crippen LogP contribution in [0.15, 0.2) is 24.3 Å². The zero-order chi connectivity index (χ0) is 14.3. The molecule has 20 heavy (non-hydrogen) atoms. The first-order valence-corrected chi connectivity index (χ1v) is 6.95. The summed E-state index contributed by atoms with van der Waals surface area (Å²) in [5.74, 6) is -0.402. The number of benzene rings is 1. The van der Waals surface area contributed by atoms with E-state index in [0.29, 0.717) is 12.5 Å². The molecule has 3 atom stereocenters. The van der Waals surface area contributed by atoms with Gasteiger partial charge in [-0.15, -0.1) is 0 Å². The van der Waals surface area contributed by atoms with E-state index in [1.807, 2.05) is 24.3 Å². The summed E-state index contributed by atoms with van der Waals surface area (Å²) in [5, 5.41) is 12.0. The SMILES string of the molecule is CC1CC1NC(=O)N1CC(CC(=O)O)c2ccccc21. The number of aliphatic carboxylic acids is 1. The summed E-state index contributed by atoms with van der Waals surface area (Å²) in [7, 11) is 0. The third-order valence-corrected chi connectivity index (χ3v) is 4.15. The van der Waals surface area contributed by atoms with Crippen molar-refractivity contribution in [1.29, 1.82) is 0 Å². The van der Waals surface area contributed by atoms with Gasteiger partial charge in [-0.1, -0.05) is 25.1 Å². The molecular weight excluding hydrogens is 256 g/mol. The molecule has 0 spiro atoms. The molecule has 1 saturated carbocycles. The fourth-order valence-corrected chi connectivity index (χ4v) is 2.83. The number of urea groups is 1. The van der Waals surface area contributed by atoms with Gasteiger partial charge in [0, 0.05) is 24.2 Å². The quantitative estimate of drug-likeness (QED) is 0.887. The second-order valence-corrected chi connectivity index (χ2v) is 5.73. The number of carbonyl (C=O) groups is 2. The molecule has 3 rings (SSSR count). The Kier molecular flexibility index (Phi) is 3.12. The fourth-order valence-electron chi connectivity index (χ4n) is 2.83. The van der Waals surface area contributed by atoms with Crippen molar-refractivity contribution in [2.45, 2.75) is 31.7 Å². The predicted molar refractivity (Wildman–Crippen MR) is 74.9 cm³/mol. The largest absolute Gasteiger partial charge is 0.481 e. The van der Waals surface area contributed by atoms with Gasteiger partial charge >= 0.3 is 12.0 Å². The minimum absolute atomic E-state index is 0.0562. The van der Waals surface area contributed by atoms with Crippen molar-refractivity contribution in [3.05, 3.63) is 29.8 Å². The first-order chi connectivity index (χ1) is 9.56. The van der Waals surface area contributed by atoms with Crippen molar-refractivity contribution in [3.63, 3.8) is 0 Å². The first-order valence-electron chi connectivity index (χ1n) is 6.95. The van der Waals surface area contributed by atoms with Crippen LogP contribution in [0, 0.1) is 5.92 Å². The van der Waals surface area contributed by atoms with Crippen LogP contribution in [-0.2, 0) is 4.79 Å². The molecule has 3 unspecified atom stereocenters. The average Bonchev–Trinajstić information content (AvgIpc) is 2.97. The van der Waals surface area contributed by atoms with E-state index in [1.54, 1.807) is 4.90 Å². The Morgan fingerprint density at radius 3 is 2.75 bits per heavy atom. The molecule has 106 valence electrons. The van der Waals surface area contributed by atoms with Gasteiger partial charge in [0.05, 0.1) is 6.42 Å². The number of hydrogen-bond donors (Lipinski definition) is 2. The third-order valence-electron chi connectivity index (χ3n) is 4.15. The van der Waals surface area contributed by atoms with Gasteiger partial charge in [0.1, 0.15) is 0 Å². The smallest absolute Gasteiger partial charge is 0.322 e. The van der Waals surface area contributed by atoms with Gasteiger partial charge < -0.3 is 10.4 Å². The first kappa shape index (κ1) is 13.0. The van der Waals surface area contributed by atoms with Crippen LogP contribution < -0.4 is 10.2 Å². The lowest BCUT2D eigenvalue weighted by Gasteiger charge is -2.18. The van der Waals surface area contributed by atoms with Gasteiger partial charge in [0.15, 0.2) is 0 Å². The zero-order valence-corrected chi connectivity index (χ0v) is 11.4.